The second kappa shape index (κ2) is 11.5. The minimum Gasteiger partial charge on any atom is -0.480 e. The Bertz CT molecular complexity index is 1220. The van der Waals surface area contributed by atoms with E-state index >= 15 is 0 Å². The van der Waals surface area contributed by atoms with Gasteiger partial charge in [-0.05, 0) is 52.9 Å². The molecule has 2 aliphatic carbocycles. The molecule has 1 aromatic carbocycles. The Morgan fingerprint density at radius 3 is 2.22 bits per heavy atom. The molecule has 2 atom stereocenters. The van der Waals surface area contributed by atoms with Crippen molar-refractivity contribution in [2.75, 3.05) is 5.32 Å². The number of halogens is 3. The lowest BCUT2D eigenvalue weighted by Crippen LogP contribution is -2.53. The van der Waals surface area contributed by atoms with Crippen molar-refractivity contribution in [3.05, 3.63) is 68.0 Å². The summed E-state index contributed by atoms with van der Waals surface area (Å²) in [6, 6.07) is 6.11. The highest BCUT2D eigenvalue weighted by Crippen LogP contribution is 2.53. The average molecular weight is 609 g/mol. The Hall–Kier alpha value is -2.42. The summed E-state index contributed by atoms with van der Waals surface area (Å²) in [4.78, 5) is 41.9. The lowest BCUT2D eigenvalue weighted by atomic mass is 9.65. The van der Waals surface area contributed by atoms with E-state index in [-0.39, 0.29) is 27.3 Å². The number of nitrogens with zero attached hydrogens (tertiary/aromatic N) is 1. The van der Waals surface area contributed by atoms with Crippen LogP contribution in [0.1, 0.15) is 73.7 Å². The molecule has 1 aromatic heterocycles. The lowest BCUT2D eigenvalue weighted by molar-refractivity contribution is -0.140. The number of pyridine rings is 1. The molecule has 2 aliphatic rings. The van der Waals surface area contributed by atoms with E-state index < -0.39 is 23.3 Å². The highest BCUT2D eigenvalue weighted by molar-refractivity contribution is 9.12. The Labute approximate surface area is 234 Å². The lowest BCUT2D eigenvalue weighted by Gasteiger charge is -2.44. The number of hydrogen-bond acceptors (Lipinski definition) is 5. The predicted octanol–water partition coefficient (Wildman–Crippen LogP) is 6.71. The Morgan fingerprint density at radius 1 is 1.08 bits per heavy atom. The second-order valence-corrected chi connectivity index (χ2v) is 11.2. The highest BCUT2D eigenvalue weighted by Gasteiger charge is 2.53. The molecule has 1 saturated carbocycles. The van der Waals surface area contributed by atoms with Gasteiger partial charge < -0.3 is 15.7 Å². The summed E-state index contributed by atoms with van der Waals surface area (Å²) in [5.41, 5.74) is 1.56. The fourth-order valence-electron chi connectivity index (χ4n) is 5.38. The molecule has 3 N–H and O–H groups in total. The van der Waals surface area contributed by atoms with Gasteiger partial charge in [0.1, 0.15) is 6.04 Å². The van der Waals surface area contributed by atoms with Crippen molar-refractivity contribution in [1.29, 1.82) is 0 Å². The van der Waals surface area contributed by atoms with Crippen LogP contribution in [-0.4, -0.2) is 33.8 Å². The van der Waals surface area contributed by atoms with E-state index in [0.29, 0.717) is 16.6 Å². The molecule has 2 aromatic rings. The molecule has 196 valence electrons. The normalized spacial score (nSPS) is 18.5. The average Bonchev–Trinajstić information content (AvgIpc) is 3.14. The zero-order valence-corrected chi connectivity index (χ0v) is 23.4. The number of aromatic nitrogens is 1. The fraction of sp³-hybridized carbons (Fsp3) is 0.407. The van der Waals surface area contributed by atoms with Crippen LogP contribution in [0.15, 0.2) is 46.8 Å². The van der Waals surface area contributed by atoms with Crippen LogP contribution in [0.5, 0.6) is 0 Å². The summed E-state index contributed by atoms with van der Waals surface area (Å²) >= 11 is 15.6. The molecule has 0 radical (unpaired) electrons. The summed E-state index contributed by atoms with van der Waals surface area (Å²) in [6.45, 7) is 1.93. The van der Waals surface area contributed by atoms with E-state index in [1.807, 2.05) is 6.92 Å². The Kier molecular flexibility index (Phi) is 8.61. The predicted molar refractivity (Wildman–Crippen MR) is 147 cm³/mol. The van der Waals surface area contributed by atoms with Gasteiger partial charge in [-0.15, -0.1) is 0 Å². The van der Waals surface area contributed by atoms with Gasteiger partial charge in [0.2, 0.25) is 0 Å². The molecule has 37 heavy (non-hydrogen) atoms. The fourth-order valence-corrected chi connectivity index (χ4v) is 6.79. The molecular formula is C27H28BrCl2N3O4. The third-order valence-corrected chi connectivity index (χ3v) is 8.70. The molecule has 10 heteroatoms. The molecule has 1 fully saturated rings. The number of aliphatic carboxylic acids is 1. The number of carbonyl (C=O) groups excluding carboxylic acids is 2. The molecule has 4 rings (SSSR count). The topological polar surface area (TPSA) is 108 Å². The monoisotopic (exact) mass is 607 g/mol. The molecule has 0 bridgehead atoms. The Morgan fingerprint density at radius 2 is 1.68 bits per heavy atom. The third-order valence-electron chi connectivity index (χ3n) is 7.37. The number of amides is 1. The molecule has 1 unspecified atom stereocenters. The van der Waals surface area contributed by atoms with E-state index in [1.165, 1.54) is 12.4 Å². The summed E-state index contributed by atoms with van der Waals surface area (Å²) < 4.78 is 0.460. The summed E-state index contributed by atoms with van der Waals surface area (Å²) in [5.74, 6) is -1.74. The summed E-state index contributed by atoms with van der Waals surface area (Å²) in [5, 5.41) is 16.5. The number of ketones is 1. The van der Waals surface area contributed by atoms with Crippen LogP contribution >= 0.6 is 39.1 Å². The van der Waals surface area contributed by atoms with Crippen LogP contribution in [0.2, 0.25) is 10.0 Å². The number of anilines is 1. The van der Waals surface area contributed by atoms with Gasteiger partial charge in [-0.3, -0.25) is 14.6 Å². The number of allylic oxidation sites excluding steroid dienone is 2. The van der Waals surface area contributed by atoms with Crippen LogP contribution in [0.3, 0.4) is 0 Å². The van der Waals surface area contributed by atoms with Crippen molar-refractivity contribution >= 4 is 62.5 Å². The number of hydrogen-bond donors (Lipinski definition) is 3. The highest BCUT2D eigenvalue weighted by atomic mass is 79.9. The van der Waals surface area contributed by atoms with Crippen molar-refractivity contribution < 1.29 is 19.5 Å². The van der Waals surface area contributed by atoms with Gasteiger partial charge in [-0.1, -0.05) is 67.9 Å². The number of Topliss-reactive ketones (excluding diaryl/α,β-unsaturated/α-hetero) is 1. The van der Waals surface area contributed by atoms with Gasteiger partial charge in [0.25, 0.3) is 5.91 Å². The molecule has 0 aliphatic heterocycles. The van der Waals surface area contributed by atoms with Gasteiger partial charge in [0, 0.05) is 29.7 Å². The first-order valence-electron chi connectivity index (χ1n) is 12.3. The van der Waals surface area contributed by atoms with Crippen molar-refractivity contribution in [3.63, 3.8) is 0 Å². The maximum absolute atomic E-state index is 12.9. The van der Waals surface area contributed by atoms with E-state index in [4.69, 9.17) is 23.2 Å². The minimum absolute atomic E-state index is 0.0728. The van der Waals surface area contributed by atoms with E-state index in [9.17, 15) is 19.5 Å². The third kappa shape index (κ3) is 5.42. The van der Waals surface area contributed by atoms with Crippen LogP contribution in [-0.2, 0) is 9.59 Å². The van der Waals surface area contributed by atoms with Crippen molar-refractivity contribution in [3.8, 4) is 0 Å². The zero-order chi connectivity index (χ0) is 26.7. The van der Waals surface area contributed by atoms with Crippen molar-refractivity contribution in [1.82, 2.24) is 10.3 Å². The maximum Gasteiger partial charge on any atom is 0.326 e. The van der Waals surface area contributed by atoms with Gasteiger partial charge in [0.15, 0.2) is 5.78 Å². The van der Waals surface area contributed by atoms with Gasteiger partial charge in [-0.25, -0.2) is 4.79 Å². The molecule has 0 saturated heterocycles. The first-order chi connectivity index (χ1) is 17.7. The van der Waals surface area contributed by atoms with Crippen molar-refractivity contribution in [2.45, 2.75) is 63.8 Å². The number of rotatable bonds is 8. The quantitative estimate of drug-likeness (QED) is 0.307. The first-order valence-corrected chi connectivity index (χ1v) is 13.9. The van der Waals surface area contributed by atoms with Gasteiger partial charge >= 0.3 is 5.97 Å². The number of carboxylic acid groups (broad SMARTS) is 1. The van der Waals surface area contributed by atoms with Crippen LogP contribution in [0, 0.1) is 5.41 Å². The zero-order valence-electron chi connectivity index (χ0n) is 20.3. The molecule has 1 amide bonds. The second-order valence-electron chi connectivity index (χ2n) is 9.54. The molecule has 1 heterocycles. The van der Waals surface area contributed by atoms with E-state index in [2.05, 4.69) is 31.5 Å². The summed E-state index contributed by atoms with van der Waals surface area (Å²) in [7, 11) is 0. The number of nitrogens with one attached hydrogen (secondary N) is 2. The van der Waals surface area contributed by atoms with Crippen LogP contribution in [0.25, 0.3) is 0 Å². The van der Waals surface area contributed by atoms with E-state index in [1.54, 1.807) is 24.3 Å². The van der Waals surface area contributed by atoms with Crippen LogP contribution < -0.4 is 10.6 Å². The van der Waals surface area contributed by atoms with Crippen LogP contribution in [0.4, 0.5) is 5.69 Å². The number of carboxylic acids is 1. The standard InChI is InChI=1S/C27H28BrCl2N3O4/c1-2-17(15-7-9-16(10-8-15)32-25(35)20-18(29)13-31-14-19(20)30)22(26(36)37)33-23-21(28)24(34)27(23)11-5-3-4-6-12-27/h7-10,13-14,17,22,33H,2-6,11-12H2,1H3,(H,32,35)(H,36,37)/t17?,22-/m0/s1. The van der Waals surface area contributed by atoms with Gasteiger partial charge in [-0.2, -0.15) is 0 Å². The maximum atomic E-state index is 12.9. The molecule has 7 nitrogen and oxygen atoms in total. The minimum atomic E-state index is -0.984. The summed E-state index contributed by atoms with van der Waals surface area (Å²) in [6.07, 6.45) is 8.81. The molecular weight excluding hydrogens is 581 g/mol. The smallest absolute Gasteiger partial charge is 0.326 e. The SMILES string of the molecule is CCC(c1ccc(NC(=O)c2c(Cl)cncc2Cl)cc1)[C@H](NC1=C(Br)C(=O)C12CCCCCC2)C(=O)O. The molecule has 1 spiro atoms. The number of carbonyl (C=O) groups is 3. The van der Waals surface area contributed by atoms with E-state index in [0.717, 1.165) is 49.8 Å². The largest absolute Gasteiger partial charge is 0.480 e. The first kappa shape index (κ1) is 27.6. The van der Waals surface area contributed by atoms with Crippen molar-refractivity contribution in [2.24, 2.45) is 5.41 Å². The number of benzene rings is 1. The van der Waals surface area contributed by atoms with Gasteiger partial charge in [0.05, 0.1) is 25.5 Å². The Balaban J connectivity index is 1.54.